The highest BCUT2D eigenvalue weighted by Crippen LogP contribution is 2.61. The predicted octanol–water partition coefficient (Wildman–Crippen LogP) is 1.91. The molecular weight excluding hydrogens is 444 g/mol. The van der Waals surface area contributed by atoms with Crippen LogP contribution in [0.15, 0.2) is 12.1 Å². The maximum Gasteiger partial charge on any atom is 0.327 e. The van der Waals surface area contributed by atoms with Crippen LogP contribution in [0.1, 0.15) is 56.2 Å². The molecule has 2 aliphatic carbocycles. The molecule has 5 rings (SSSR count). The summed E-state index contributed by atoms with van der Waals surface area (Å²) >= 11 is 0. The van der Waals surface area contributed by atoms with E-state index in [-0.39, 0.29) is 18.0 Å². The van der Waals surface area contributed by atoms with Gasteiger partial charge in [-0.1, -0.05) is 0 Å². The van der Waals surface area contributed by atoms with Crippen LogP contribution in [0.4, 0.5) is 4.79 Å². The van der Waals surface area contributed by atoms with Crippen LogP contribution in [-0.2, 0) is 23.1 Å². The van der Waals surface area contributed by atoms with E-state index in [2.05, 4.69) is 36.4 Å². The monoisotopic (exact) mass is 484 g/mol. The quantitative estimate of drug-likeness (QED) is 0.600. The molecule has 1 aromatic carbocycles. The van der Waals surface area contributed by atoms with Gasteiger partial charge in [-0.05, 0) is 102 Å². The van der Waals surface area contributed by atoms with E-state index in [1.165, 1.54) is 16.0 Å². The van der Waals surface area contributed by atoms with E-state index in [1.54, 1.807) is 12.0 Å². The molecule has 4 atom stereocenters. The minimum Gasteiger partial charge on any atom is -0.497 e. The summed E-state index contributed by atoms with van der Waals surface area (Å²) in [6, 6.07) is 3.98. The molecule has 192 valence electrons. The van der Waals surface area contributed by atoms with Crippen molar-refractivity contribution in [2.75, 3.05) is 47.4 Å². The van der Waals surface area contributed by atoms with E-state index >= 15 is 0 Å². The second kappa shape index (κ2) is 8.46. The number of hydrogen-bond donors (Lipinski definition) is 2. The molecule has 1 saturated carbocycles. The van der Waals surface area contributed by atoms with Crippen molar-refractivity contribution in [1.29, 1.82) is 0 Å². The fourth-order valence-electron chi connectivity index (χ4n) is 7.69. The first-order valence-corrected chi connectivity index (χ1v) is 13.1. The zero-order valence-electron chi connectivity index (χ0n) is 21.8. The summed E-state index contributed by atoms with van der Waals surface area (Å²) in [6.45, 7) is 6.36. The average Bonchev–Trinajstić information content (AvgIpc) is 3.02. The first-order valence-electron chi connectivity index (χ1n) is 13.1. The van der Waals surface area contributed by atoms with Crippen LogP contribution in [0, 0.1) is 0 Å². The number of benzene rings is 1. The van der Waals surface area contributed by atoms with Gasteiger partial charge >= 0.3 is 6.03 Å². The molecule has 4 unspecified atom stereocenters. The first kappa shape index (κ1) is 24.5. The SMILES string of the molecule is CCN1C(=O)N(CC)C2(CCC3(O)C4Cc5c(CCN(C)C)cc(OC)cc5C3(CCN4)C2)C1=O. The van der Waals surface area contributed by atoms with Crippen molar-refractivity contribution in [3.8, 4) is 5.75 Å². The molecule has 0 radical (unpaired) electrons. The molecule has 35 heavy (non-hydrogen) atoms. The number of methoxy groups -OCH3 is 1. The summed E-state index contributed by atoms with van der Waals surface area (Å²) in [4.78, 5) is 32.5. The van der Waals surface area contributed by atoms with E-state index in [0.717, 1.165) is 43.7 Å². The second-order valence-corrected chi connectivity index (χ2v) is 11.1. The van der Waals surface area contributed by atoms with E-state index < -0.39 is 16.6 Å². The van der Waals surface area contributed by atoms with Crippen molar-refractivity contribution in [1.82, 2.24) is 20.0 Å². The number of fused-ring (bicyclic) bond motifs is 1. The van der Waals surface area contributed by atoms with Crippen molar-refractivity contribution in [3.05, 3.63) is 28.8 Å². The third-order valence-corrected chi connectivity index (χ3v) is 9.42. The second-order valence-electron chi connectivity index (χ2n) is 11.1. The predicted molar refractivity (Wildman–Crippen MR) is 134 cm³/mol. The Hall–Kier alpha value is -2.16. The Kier molecular flexibility index (Phi) is 5.93. The number of rotatable bonds is 6. The average molecular weight is 485 g/mol. The molecule has 1 spiro atoms. The summed E-state index contributed by atoms with van der Waals surface area (Å²) in [7, 11) is 5.84. The molecular formula is C27H40N4O4. The van der Waals surface area contributed by atoms with Gasteiger partial charge < -0.3 is 25.0 Å². The first-order chi connectivity index (χ1) is 16.7. The highest BCUT2D eigenvalue weighted by atomic mass is 16.5. The summed E-state index contributed by atoms with van der Waals surface area (Å²) in [6.07, 6.45) is 3.81. The van der Waals surface area contributed by atoms with Crippen molar-refractivity contribution in [2.24, 2.45) is 0 Å². The molecule has 2 saturated heterocycles. The Bertz CT molecular complexity index is 1040. The Morgan fingerprint density at radius 3 is 2.60 bits per heavy atom. The number of nitrogens with one attached hydrogen (secondary N) is 1. The number of urea groups is 1. The molecule has 2 bridgehead atoms. The number of carbonyl (C=O) groups is 2. The van der Waals surface area contributed by atoms with Gasteiger partial charge in [0.15, 0.2) is 0 Å². The topological polar surface area (TPSA) is 85.3 Å². The maximum absolute atomic E-state index is 13.8. The van der Waals surface area contributed by atoms with E-state index in [4.69, 9.17) is 4.74 Å². The highest BCUT2D eigenvalue weighted by Gasteiger charge is 2.70. The summed E-state index contributed by atoms with van der Waals surface area (Å²) in [5.41, 5.74) is 1.15. The fourth-order valence-corrected chi connectivity index (χ4v) is 7.69. The molecule has 4 aliphatic rings. The van der Waals surface area contributed by atoms with E-state index in [9.17, 15) is 14.7 Å². The number of nitrogens with zero attached hydrogens (tertiary/aromatic N) is 3. The zero-order valence-corrected chi connectivity index (χ0v) is 21.8. The molecule has 2 N–H and O–H groups in total. The Balaban J connectivity index is 1.70. The molecule has 1 aromatic rings. The molecule has 0 aromatic heterocycles. The minimum atomic E-state index is -0.975. The lowest BCUT2D eigenvalue weighted by atomic mass is 9.46. The lowest BCUT2D eigenvalue weighted by Gasteiger charge is -2.64. The van der Waals surface area contributed by atoms with Crippen LogP contribution in [-0.4, -0.2) is 96.3 Å². The number of amides is 3. The van der Waals surface area contributed by atoms with Gasteiger partial charge in [-0.25, -0.2) is 4.79 Å². The number of ether oxygens (including phenoxy) is 1. The zero-order chi connectivity index (χ0) is 25.2. The Morgan fingerprint density at radius 2 is 1.94 bits per heavy atom. The number of likely N-dealkylation sites (N-methyl/N-ethyl adjacent to an activating group) is 3. The van der Waals surface area contributed by atoms with Crippen LogP contribution >= 0.6 is 0 Å². The van der Waals surface area contributed by atoms with Gasteiger partial charge in [0.2, 0.25) is 0 Å². The lowest BCUT2D eigenvalue weighted by molar-refractivity contribution is -0.163. The summed E-state index contributed by atoms with van der Waals surface area (Å²) in [5, 5.41) is 16.0. The van der Waals surface area contributed by atoms with Crippen LogP contribution in [0.2, 0.25) is 0 Å². The fraction of sp³-hybridized carbons (Fsp3) is 0.704. The van der Waals surface area contributed by atoms with E-state index in [1.807, 2.05) is 13.8 Å². The number of aliphatic hydroxyl groups is 1. The Morgan fingerprint density at radius 1 is 1.17 bits per heavy atom. The smallest absolute Gasteiger partial charge is 0.327 e. The molecule has 8 heteroatoms. The lowest BCUT2D eigenvalue weighted by Crippen LogP contribution is -2.76. The summed E-state index contributed by atoms with van der Waals surface area (Å²) in [5.74, 6) is 0.698. The van der Waals surface area contributed by atoms with Gasteiger partial charge in [0.1, 0.15) is 11.3 Å². The molecule has 3 amide bonds. The van der Waals surface area contributed by atoms with Crippen molar-refractivity contribution in [2.45, 2.75) is 75.0 Å². The number of hydrogen-bond acceptors (Lipinski definition) is 6. The third kappa shape index (κ3) is 3.22. The number of carbonyl (C=O) groups excluding carboxylic acids is 2. The van der Waals surface area contributed by atoms with Gasteiger partial charge in [-0.3, -0.25) is 9.69 Å². The largest absolute Gasteiger partial charge is 0.497 e. The van der Waals surface area contributed by atoms with Crippen LogP contribution < -0.4 is 10.1 Å². The van der Waals surface area contributed by atoms with Crippen LogP contribution in [0.5, 0.6) is 5.75 Å². The maximum atomic E-state index is 13.8. The molecule has 2 aliphatic heterocycles. The van der Waals surface area contributed by atoms with Crippen LogP contribution in [0.3, 0.4) is 0 Å². The van der Waals surface area contributed by atoms with E-state index in [0.29, 0.717) is 32.4 Å². The van der Waals surface area contributed by atoms with Gasteiger partial charge in [0.05, 0.1) is 12.7 Å². The molecule has 8 nitrogen and oxygen atoms in total. The van der Waals surface area contributed by atoms with Gasteiger partial charge in [0, 0.05) is 31.1 Å². The highest BCUT2D eigenvalue weighted by molar-refractivity contribution is 6.07. The van der Waals surface area contributed by atoms with Crippen LogP contribution in [0.25, 0.3) is 0 Å². The molecule has 2 heterocycles. The van der Waals surface area contributed by atoms with Crippen molar-refractivity contribution in [3.63, 3.8) is 0 Å². The van der Waals surface area contributed by atoms with Gasteiger partial charge in [-0.15, -0.1) is 0 Å². The standard InChI is InChI=1S/C27H40N4O4/c1-6-30-23(32)26(31(7-2)24(30)33)9-10-27(34)22-16-20-18(8-13-29(3)4)14-19(35-5)15-21(20)25(27,17-26)11-12-28-22/h14-15,22,28,34H,6-13,16-17H2,1-5H3. The van der Waals surface area contributed by atoms with Crippen molar-refractivity contribution >= 4 is 11.9 Å². The minimum absolute atomic E-state index is 0.0721. The third-order valence-electron chi connectivity index (χ3n) is 9.42. The normalized spacial score (nSPS) is 34.0. The number of imide groups is 1. The Labute approximate surface area is 208 Å². The van der Waals surface area contributed by atoms with Crippen molar-refractivity contribution < 1.29 is 19.4 Å². The molecule has 3 fully saturated rings. The summed E-state index contributed by atoms with van der Waals surface area (Å²) < 4.78 is 5.76. The van der Waals surface area contributed by atoms with Gasteiger partial charge in [-0.2, -0.15) is 0 Å². The number of piperidine rings is 1. The van der Waals surface area contributed by atoms with Gasteiger partial charge in [0.25, 0.3) is 5.91 Å².